The highest BCUT2D eigenvalue weighted by Crippen LogP contribution is 2.45. The third-order valence-electron chi connectivity index (χ3n) is 8.35. The predicted octanol–water partition coefficient (Wildman–Crippen LogP) is 5.92. The molecular weight excluding hydrogens is 518 g/mol. The minimum atomic E-state index is -2.61. The van der Waals surface area contributed by atoms with Gasteiger partial charge in [0.1, 0.15) is 12.6 Å². The van der Waals surface area contributed by atoms with Gasteiger partial charge in [-0.05, 0) is 67.7 Å². The first kappa shape index (κ1) is 28.6. The van der Waals surface area contributed by atoms with Gasteiger partial charge in [0.05, 0.1) is 29.2 Å². The molecule has 2 aliphatic carbocycles. The van der Waals surface area contributed by atoms with Crippen LogP contribution >= 0.6 is 0 Å². The molecule has 2 aromatic rings. The minimum absolute atomic E-state index is 0.0758. The summed E-state index contributed by atoms with van der Waals surface area (Å²) in [6.07, 6.45) is 4.84. The fourth-order valence-corrected chi connectivity index (χ4v) is 6.57. The number of hydrogen-bond acceptors (Lipinski definition) is 5. The van der Waals surface area contributed by atoms with E-state index in [0.717, 1.165) is 67.2 Å². The molecule has 10 heteroatoms. The number of hydrogen-bond donors (Lipinski definition) is 2. The van der Waals surface area contributed by atoms with Crippen LogP contribution in [0.15, 0.2) is 18.2 Å². The second-order valence-electron chi connectivity index (χ2n) is 13.1. The molecule has 2 saturated carbocycles. The Bertz CT molecular complexity index is 1150. The van der Waals surface area contributed by atoms with Crippen LogP contribution in [0.2, 0.25) is 25.7 Å². The van der Waals surface area contributed by atoms with E-state index in [2.05, 4.69) is 35.6 Å². The molecule has 3 atom stereocenters. The van der Waals surface area contributed by atoms with Crippen molar-refractivity contribution in [2.45, 2.75) is 108 Å². The smallest absolute Gasteiger partial charge is 0.248 e. The maximum atomic E-state index is 13.3. The van der Waals surface area contributed by atoms with Crippen molar-refractivity contribution in [3.63, 3.8) is 0 Å². The van der Waals surface area contributed by atoms with Gasteiger partial charge >= 0.3 is 0 Å². The number of nitrogens with zero attached hydrogens (tertiary/aromatic N) is 2. The molecule has 0 spiro atoms. The third-order valence-corrected chi connectivity index (χ3v) is 10.1. The Balaban J connectivity index is 1.38. The number of nitrogens with two attached hydrogens (primary N) is 1. The molecule has 1 aliphatic heterocycles. The van der Waals surface area contributed by atoms with E-state index in [1.165, 1.54) is 0 Å². The number of aromatic nitrogens is 2. The van der Waals surface area contributed by atoms with Crippen LogP contribution in [-0.2, 0) is 21.0 Å². The standard InChI is InChI=1S/C29H44F2N4O3Si/c1-39(2,3)13-12-37-18-35-23-15-21(9-10-22(23)33-28(35)26(32)24-6-4-5-11-38-24)27(20-7-8-20)34-25(36)14-19-16-29(30,31)17-19/h9-10,15,19-20,24,26-27H,4-8,11-14,16-18,32H2,1-3H3,(H,34,36)/t24-,26+,27-/m1/s1. The van der Waals surface area contributed by atoms with Gasteiger partial charge in [-0.1, -0.05) is 25.7 Å². The Morgan fingerprint density at radius 3 is 2.67 bits per heavy atom. The molecule has 0 radical (unpaired) electrons. The molecule has 39 heavy (non-hydrogen) atoms. The number of carbonyl (C=O) groups is 1. The van der Waals surface area contributed by atoms with Crippen molar-refractivity contribution in [2.75, 3.05) is 13.2 Å². The van der Waals surface area contributed by atoms with Gasteiger partial charge in [-0.25, -0.2) is 13.8 Å². The highest BCUT2D eigenvalue weighted by molar-refractivity contribution is 6.76. The summed E-state index contributed by atoms with van der Waals surface area (Å²) in [6, 6.07) is 6.69. The first-order chi connectivity index (χ1) is 18.5. The Morgan fingerprint density at radius 2 is 2.03 bits per heavy atom. The van der Waals surface area contributed by atoms with Crippen molar-refractivity contribution in [1.82, 2.24) is 14.9 Å². The molecule has 0 unspecified atom stereocenters. The first-order valence-electron chi connectivity index (χ1n) is 14.6. The van der Waals surface area contributed by atoms with E-state index in [-0.39, 0.29) is 49.3 Å². The summed E-state index contributed by atoms with van der Waals surface area (Å²) in [5.41, 5.74) is 9.53. The zero-order chi connectivity index (χ0) is 27.8. The fraction of sp³-hybridized carbons (Fsp3) is 0.724. The second-order valence-corrected chi connectivity index (χ2v) is 18.8. The maximum absolute atomic E-state index is 13.3. The molecule has 2 heterocycles. The molecule has 1 saturated heterocycles. The molecule has 0 bridgehead atoms. The van der Waals surface area contributed by atoms with E-state index in [1.54, 1.807) is 0 Å². The van der Waals surface area contributed by atoms with Gasteiger partial charge < -0.3 is 25.1 Å². The fourth-order valence-electron chi connectivity index (χ4n) is 5.82. The Hall–Kier alpha value is -1.88. The summed E-state index contributed by atoms with van der Waals surface area (Å²) in [7, 11) is -1.24. The molecule has 5 rings (SSSR count). The van der Waals surface area contributed by atoms with Crippen LogP contribution in [0.25, 0.3) is 11.0 Å². The molecule has 1 aromatic carbocycles. The topological polar surface area (TPSA) is 91.4 Å². The van der Waals surface area contributed by atoms with Gasteiger partial charge in [-0.15, -0.1) is 0 Å². The van der Waals surface area contributed by atoms with Gasteiger partial charge in [0.2, 0.25) is 11.8 Å². The first-order valence-corrected chi connectivity index (χ1v) is 18.3. The highest BCUT2D eigenvalue weighted by atomic mass is 28.3. The van der Waals surface area contributed by atoms with Crippen molar-refractivity contribution in [2.24, 2.45) is 17.6 Å². The van der Waals surface area contributed by atoms with Crippen molar-refractivity contribution >= 4 is 25.0 Å². The summed E-state index contributed by atoms with van der Waals surface area (Å²) in [5, 5.41) is 3.17. The lowest BCUT2D eigenvalue weighted by Crippen LogP contribution is -2.39. The average molecular weight is 563 g/mol. The molecule has 7 nitrogen and oxygen atoms in total. The van der Waals surface area contributed by atoms with E-state index in [1.807, 2.05) is 12.1 Å². The number of imidazole rings is 1. The average Bonchev–Trinajstić information content (AvgIpc) is 3.64. The zero-order valence-electron chi connectivity index (χ0n) is 23.6. The lowest BCUT2D eigenvalue weighted by atomic mass is 9.79. The minimum Gasteiger partial charge on any atom is -0.376 e. The molecular formula is C29H44F2N4O3Si. The Morgan fingerprint density at radius 1 is 1.26 bits per heavy atom. The Kier molecular flexibility index (Phi) is 8.48. The van der Waals surface area contributed by atoms with E-state index in [0.29, 0.717) is 19.3 Å². The molecule has 1 aromatic heterocycles. The number of amides is 1. The Labute approximate surface area is 231 Å². The number of rotatable bonds is 12. The van der Waals surface area contributed by atoms with E-state index in [9.17, 15) is 13.6 Å². The van der Waals surface area contributed by atoms with E-state index in [4.69, 9.17) is 20.2 Å². The number of nitrogens with one attached hydrogen (secondary N) is 1. The van der Waals surface area contributed by atoms with Gasteiger partial charge in [0.25, 0.3) is 0 Å². The van der Waals surface area contributed by atoms with Gasteiger partial charge in [0, 0.05) is 40.6 Å². The van der Waals surface area contributed by atoms with Gasteiger partial charge in [-0.3, -0.25) is 4.79 Å². The van der Waals surface area contributed by atoms with Crippen LogP contribution in [0.3, 0.4) is 0 Å². The number of fused-ring (bicyclic) bond motifs is 1. The van der Waals surface area contributed by atoms with E-state index >= 15 is 0 Å². The summed E-state index contributed by atoms with van der Waals surface area (Å²) < 4.78 is 40.8. The van der Waals surface area contributed by atoms with Crippen molar-refractivity contribution < 1.29 is 23.0 Å². The lowest BCUT2D eigenvalue weighted by molar-refractivity contribution is -0.134. The van der Waals surface area contributed by atoms with Crippen molar-refractivity contribution in [3.05, 3.63) is 29.6 Å². The van der Waals surface area contributed by atoms with Crippen molar-refractivity contribution in [3.8, 4) is 0 Å². The third kappa shape index (κ3) is 7.26. The highest BCUT2D eigenvalue weighted by Gasteiger charge is 2.46. The van der Waals surface area contributed by atoms with Gasteiger partial charge in [0.15, 0.2) is 0 Å². The van der Waals surface area contributed by atoms with Crippen LogP contribution in [-0.4, -0.2) is 48.8 Å². The number of benzene rings is 1. The largest absolute Gasteiger partial charge is 0.376 e. The van der Waals surface area contributed by atoms with E-state index < -0.39 is 14.0 Å². The molecule has 216 valence electrons. The quantitative estimate of drug-likeness (QED) is 0.248. The predicted molar refractivity (Wildman–Crippen MR) is 150 cm³/mol. The molecule has 3 fully saturated rings. The normalized spacial score (nSPS) is 23.4. The summed E-state index contributed by atoms with van der Waals surface area (Å²) in [4.78, 5) is 17.7. The molecule has 3 aliphatic rings. The van der Waals surface area contributed by atoms with Gasteiger partial charge in [-0.2, -0.15) is 0 Å². The zero-order valence-corrected chi connectivity index (χ0v) is 24.6. The second kappa shape index (κ2) is 11.5. The lowest BCUT2D eigenvalue weighted by Gasteiger charge is -2.34. The molecule has 1 amide bonds. The summed E-state index contributed by atoms with van der Waals surface area (Å²) in [5.74, 6) is -1.87. The number of carbonyl (C=O) groups excluding carboxylic acids is 1. The summed E-state index contributed by atoms with van der Waals surface area (Å²) in [6.45, 7) is 8.76. The van der Waals surface area contributed by atoms with Crippen LogP contribution in [0.5, 0.6) is 0 Å². The van der Waals surface area contributed by atoms with Crippen LogP contribution < -0.4 is 11.1 Å². The SMILES string of the molecule is C[Si](C)(C)CCOCn1c([C@@H](N)[C@H]2CCCCO2)nc2ccc([C@H](NC(=O)CC3CC(F)(F)C3)C3CC3)cc21. The van der Waals surface area contributed by atoms with Crippen LogP contribution in [0, 0.1) is 11.8 Å². The van der Waals surface area contributed by atoms with Crippen LogP contribution in [0.1, 0.15) is 74.8 Å². The maximum Gasteiger partial charge on any atom is 0.248 e. The number of alkyl halides is 2. The van der Waals surface area contributed by atoms with Crippen LogP contribution in [0.4, 0.5) is 8.78 Å². The number of halogens is 2. The number of ether oxygens (including phenoxy) is 2. The molecule has 3 N–H and O–H groups in total. The summed E-state index contributed by atoms with van der Waals surface area (Å²) >= 11 is 0. The monoisotopic (exact) mass is 562 g/mol. The van der Waals surface area contributed by atoms with Crippen molar-refractivity contribution in [1.29, 1.82) is 0 Å².